The van der Waals surface area contributed by atoms with E-state index >= 15 is 0 Å². The van der Waals surface area contributed by atoms with Gasteiger partial charge in [-0.15, -0.1) is 0 Å². The Morgan fingerprint density at radius 2 is 1.89 bits per heavy atom. The lowest BCUT2D eigenvalue weighted by Gasteiger charge is -2.15. The third kappa shape index (κ3) is 4.31. The van der Waals surface area contributed by atoms with Crippen molar-refractivity contribution in [2.75, 3.05) is 12.3 Å². The molecule has 0 radical (unpaired) electrons. The van der Waals surface area contributed by atoms with Crippen molar-refractivity contribution in [3.63, 3.8) is 0 Å². The van der Waals surface area contributed by atoms with Crippen molar-refractivity contribution in [1.29, 1.82) is 0 Å². The Labute approximate surface area is 105 Å². The van der Waals surface area contributed by atoms with Crippen LogP contribution in [-0.2, 0) is 9.53 Å². The van der Waals surface area contributed by atoms with E-state index in [0.29, 0.717) is 11.3 Å². The Balaban J connectivity index is 2.82. The Kier molecular flexibility index (Phi) is 5.55. The number of rotatable bonds is 6. The van der Waals surface area contributed by atoms with Crippen LogP contribution in [0.4, 0.5) is 14.5 Å². The van der Waals surface area contributed by atoms with Gasteiger partial charge in [0.15, 0.2) is 0 Å². The molecule has 0 heterocycles. The second kappa shape index (κ2) is 6.93. The van der Waals surface area contributed by atoms with E-state index in [2.05, 4.69) is 0 Å². The van der Waals surface area contributed by atoms with Gasteiger partial charge in [-0.05, 0) is 31.0 Å². The minimum Gasteiger partial charge on any atom is -0.466 e. The summed E-state index contributed by atoms with van der Waals surface area (Å²) in [5.74, 6) is -1.12. The zero-order valence-electron chi connectivity index (χ0n) is 10.2. The predicted octanol–water partition coefficient (Wildman–Crippen LogP) is 2.96. The van der Waals surface area contributed by atoms with Gasteiger partial charge in [-0.2, -0.15) is 0 Å². The molecule has 1 aromatic rings. The maximum atomic E-state index is 12.3. The number of esters is 1. The van der Waals surface area contributed by atoms with E-state index in [4.69, 9.17) is 10.5 Å². The van der Waals surface area contributed by atoms with Crippen LogP contribution in [0.25, 0.3) is 0 Å². The summed E-state index contributed by atoms with van der Waals surface area (Å²) in [7, 11) is 0. The van der Waals surface area contributed by atoms with E-state index < -0.39 is 18.3 Å². The van der Waals surface area contributed by atoms with Gasteiger partial charge in [0, 0.05) is 12.1 Å². The van der Waals surface area contributed by atoms with Gasteiger partial charge in [0.05, 0.1) is 12.5 Å². The number of nitrogen functional groups attached to an aromatic ring is 1. The first-order chi connectivity index (χ1) is 8.54. The van der Waals surface area contributed by atoms with Gasteiger partial charge in [0.1, 0.15) is 0 Å². The van der Waals surface area contributed by atoms with E-state index in [-0.39, 0.29) is 19.4 Å². The average Bonchev–Trinajstić information content (AvgIpc) is 2.31. The van der Waals surface area contributed by atoms with Gasteiger partial charge < -0.3 is 10.5 Å². The van der Waals surface area contributed by atoms with Crippen LogP contribution in [-0.4, -0.2) is 19.0 Å². The SMILES string of the molecule is CCOC(=O)C(CCC(F)F)c1ccc(N)cc1. The molecule has 5 heteroatoms. The Hall–Kier alpha value is -1.65. The summed E-state index contributed by atoms with van der Waals surface area (Å²) in [5.41, 5.74) is 6.77. The predicted molar refractivity (Wildman–Crippen MR) is 65.5 cm³/mol. The maximum Gasteiger partial charge on any atom is 0.313 e. The van der Waals surface area contributed by atoms with Gasteiger partial charge in [0.2, 0.25) is 6.43 Å². The lowest BCUT2D eigenvalue weighted by molar-refractivity contribution is -0.145. The van der Waals surface area contributed by atoms with E-state index in [1.54, 1.807) is 31.2 Å². The first kappa shape index (κ1) is 14.4. The minimum absolute atomic E-state index is 0.0699. The number of hydrogen-bond donors (Lipinski definition) is 1. The number of ether oxygens (including phenoxy) is 1. The molecule has 0 bridgehead atoms. The summed E-state index contributed by atoms with van der Waals surface area (Å²) in [6, 6.07) is 6.62. The third-order valence-electron chi connectivity index (χ3n) is 2.58. The molecule has 18 heavy (non-hydrogen) atoms. The van der Waals surface area contributed by atoms with Gasteiger partial charge in [-0.3, -0.25) is 4.79 Å². The quantitative estimate of drug-likeness (QED) is 0.629. The number of carbonyl (C=O) groups is 1. The number of halogens is 2. The summed E-state index contributed by atoms with van der Waals surface area (Å²) >= 11 is 0. The fourth-order valence-electron chi connectivity index (χ4n) is 1.68. The summed E-state index contributed by atoms with van der Waals surface area (Å²) in [6.45, 7) is 1.92. The molecular formula is C13H17F2NO2. The molecule has 1 aromatic carbocycles. The van der Waals surface area contributed by atoms with Crippen LogP contribution < -0.4 is 5.73 Å². The molecule has 1 atom stereocenters. The molecule has 3 nitrogen and oxygen atoms in total. The van der Waals surface area contributed by atoms with Gasteiger partial charge >= 0.3 is 5.97 Å². The molecule has 0 saturated carbocycles. The van der Waals surface area contributed by atoms with Crippen LogP contribution in [0.5, 0.6) is 0 Å². The number of hydrogen-bond acceptors (Lipinski definition) is 3. The molecule has 0 aromatic heterocycles. The standard InChI is InChI=1S/C13H17F2NO2/c1-2-18-13(17)11(7-8-12(14)15)9-3-5-10(16)6-4-9/h3-6,11-12H,2,7-8,16H2,1H3. The fourth-order valence-corrected chi connectivity index (χ4v) is 1.68. The normalized spacial score (nSPS) is 12.4. The van der Waals surface area contributed by atoms with Crippen LogP contribution >= 0.6 is 0 Å². The van der Waals surface area contributed by atoms with Crippen LogP contribution in [0.15, 0.2) is 24.3 Å². The van der Waals surface area contributed by atoms with Crippen molar-refractivity contribution in [2.24, 2.45) is 0 Å². The molecule has 0 aliphatic rings. The molecule has 0 amide bonds. The average molecular weight is 257 g/mol. The Morgan fingerprint density at radius 1 is 1.28 bits per heavy atom. The van der Waals surface area contributed by atoms with Gasteiger partial charge in [0.25, 0.3) is 0 Å². The van der Waals surface area contributed by atoms with Gasteiger partial charge in [-0.25, -0.2) is 8.78 Å². The first-order valence-electron chi connectivity index (χ1n) is 5.84. The topological polar surface area (TPSA) is 52.3 Å². The first-order valence-corrected chi connectivity index (χ1v) is 5.84. The lowest BCUT2D eigenvalue weighted by Crippen LogP contribution is -2.17. The monoisotopic (exact) mass is 257 g/mol. The molecule has 2 N–H and O–H groups in total. The fraction of sp³-hybridized carbons (Fsp3) is 0.462. The molecule has 100 valence electrons. The molecule has 0 spiro atoms. The van der Waals surface area contributed by atoms with E-state index in [1.807, 2.05) is 0 Å². The smallest absolute Gasteiger partial charge is 0.313 e. The summed E-state index contributed by atoms with van der Waals surface area (Å²) in [5, 5.41) is 0. The highest BCUT2D eigenvalue weighted by atomic mass is 19.3. The summed E-state index contributed by atoms with van der Waals surface area (Å²) in [6.07, 6.45) is -2.68. The van der Waals surface area contributed by atoms with Crippen LogP contribution in [0.2, 0.25) is 0 Å². The molecule has 1 unspecified atom stereocenters. The molecule has 1 rings (SSSR count). The highest BCUT2D eigenvalue weighted by Gasteiger charge is 2.23. The van der Waals surface area contributed by atoms with Crippen molar-refractivity contribution >= 4 is 11.7 Å². The largest absolute Gasteiger partial charge is 0.466 e. The molecule has 0 aliphatic carbocycles. The highest BCUT2D eigenvalue weighted by molar-refractivity contribution is 5.78. The number of carbonyl (C=O) groups excluding carboxylic acids is 1. The zero-order valence-corrected chi connectivity index (χ0v) is 10.2. The van der Waals surface area contributed by atoms with Crippen molar-refractivity contribution in [3.05, 3.63) is 29.8 Å². The van der Waals surface area contributed by atoms with Crippen LogP contribution in [0.3, 0.4) is 0 Å². The maximum absolute atomic E-state index is 12.3. The van der Waals surface area contributed by atoms with Crippen LogP contribution in [0, 0.1) is 0 Å². The Bertz CT molecular complexity index is 379. The van der Waals surface area contributed by atoms with Crippen molar-refractivity contribution in [3.8, 4) is 0 Å². The number of anilines is 1. The zero-order chi connectivity index (χ0) is 13.5. The molecule has 0 aliphatic heterocycles. The lowest BCUT2D eigenvalue weighted by atomic mass is 9.94. The van der Waals surface area contributed by atoms with Gasteiger partial charge in [-0.1, -0.05) is 12.1 Å². The second-order valence-corrected chi connectivity index (χ2v) is 3.94. The molecule has 0 saturated heterocycles. The summed E-state index contributed by atoms with van der Waals surface area (Å²) < 4.78 is 29.4. The van der Waals surface area contributed by atoms with Crippen LogP contribution in [0.1, 0.15) is 31.2 Å². The minimum atomic E-state index is -2.42. The Morgan fingerprint density at radius 3 is 2.39 bits per heavy atom. The molecular weight excluding hydrogens is 240 g/mol. The van der Waals surface area contributed by atoms with Crippen molar-refractivity contribution < 1.29 is 18.3 Å². The van der Waals surface area contributed by atoms with Crippen molar-refractivity contribution in [1.82, 2.24) is 0 Å². The number of benzene rings is 1. The van der Waals surface area contributed by atoms with E-state index in [9.17, 15) is 13.6 Å². The summed E-state index contributed by atoms with van der Waals surface area (Å²) in [4.78, 5) is 11.7. The number of nitrogens with two attached hydrogens (primary N) is 1. The number of alkyl halides is 2. The highest BCUT2D eigenvalue weighted by Crippen LogP contribution is 2.25. The van der Waals surface area contributed by atoms with E-state index in [0.717, 1.165) is 0 Å². The third-order valence-corrected chi connectivity index (χ3v) is 2.58. The van der Waals surface area contributed by atoms with Crippen molar-refractivity contribution in [2.45, 2.75) is 32.1 Å². The van der Waals surface area contributed by atoms with E-state index in [1.165, 1.54) is 0 Å². The molecule has 0 fully saturated rings. The second-order valence-electron chi connectivity index (χ2n) is 3.94.